The maximum Gasteiger partial charge on any atom is 0.229 e. The van der Waals surface area contributed by atoms with Crippen molar-refractivity contribution in [2.45, 2.75) is 26.3 Å². The lowest BCUT2D eigenvalue weighted by Gasteiger charge is -2.25. The molecule has 1 saturated heterocycles. The van der Waals surface area contributed by atoms with Crippen molar-refractivity contribution in [1.29, 1.82) is 0 Å². The van der Waals surface area contributed by atoms with Crippen LogP contribution < -0.4 is 0 Å². The van der Waals surface area contributed by atoms with E-state index in [-0.39, 0.29) is 17.8 Å². The molecule has 4 heteroatoms. The van der Waals surface area contributed by atoms with Crippen molar-refractivity contribution in [3.8, 4) is 0 Å². The van der Waals surface area contributed by atoms with E-state index in [0.717, 1.165) is 5.56 Å². The molecule has 98 valence electrons. The maximum atomic E-state index is 12.8. The monoisotopic (exact) mass is 251 g/mol. The van der Waals surface area contributed by atoms with Crippen molar-refractivity contribution in [2.24, 2.45) is 5.92 Å². The molecule has 2 rings (SSSR count). The van der Waals surface area contributed by atoms with E-state index in [4.69, 9.17) is 4.74 Å². The molecule has 1 amide bonds. The van der Waals surface area contributed by atoms with Crippen molar-refractivity contribution in [3.63, 3.8) is 0 Å². The molecule has 0 bridgehead atoms. The smallest absolute Gasteiger partial charge is 0.229 e. The van der Waals surface area contributed by atoms with Crippen molar-refractivity contribution in [1.82, 2.24) is 4.90 Å². The Labute approximate surface area is 107 Å². The van der Waals surface area contributed by atoms with Crippen molar-refractivity contribution < 1.29 is 13.9 Å². The predicted octanol–water partition coefficient (Wildman–Crippen LogP) is 2.21. The third-order valence-corrected chi connectivity index (χ3v) is 3.28. The Morgan fingerprint density at radius 3 is 2.72 bits per heavy atom. The summed E-state index contributed by atoms with van der Waals surface area (Å²) in [5.41, 5.74) is 0.829. The molecule has 0 N–H and O–H groups in total. The Kier molecular flexibility index (Phi) is 3.97. The largest absolute Gasteiger partial charge is 0.359 e. The van der Waals surface area contributed by atoms with Crippen molar-refractivity contribution in [3.05, 3.63) is 35.6 Å². The molecular formula is C14H18FNO2. The lowest BCUT2D eigenvalue weighted by molar-refractivity contribution is -0.133. The molecule has 0 saturated carbocycles. The maximum absolute atomic E-state index is 12.8. The third-order valence-electron chi connectivity index (χ3n) is 3.28. The second-order valence-corrected chi connectivity index (χ2v) is 4.98. The van der Waals surface area contributed by atoms with E-state index < -0.39 is 0 Å². The molecule has 0 radical (unpaired) electrons. The Bertz CT molecular complexity index is 416. The first-order valence-electron chi connectivity index (χ1n) is 6.19. The number of hydrogen-bond acceptors (Lipinski definition) is 2. The fourth-order valence-electron chi connectivity index (χ4n) is 2.15. The SMILES string of the molecule is CC(C)[C@@H]1COCN1C(=O)Cc1ccc(F)cc1. The molecule has 0 aromatic heterocycles. The number of ether oxygens (including phenoxy) is 1. The van der Waals surface area contributed by atoms with Gasteiger partial charge >= 0.3 is 0 Å². The number of hydrogen-bond donors (Lipinski definition) is 0. The first kappa shape index (κ1) is 13.0. The van der Waals surface area contributed by atoms with E-state index >= 15 is 0 Å². The molecule has 0 unspecified atom stereocenters. The molecule has 1 aliphatic heterocycles. The van der Waals surface area contributed by atoms with E-state index in [9.17, 15) is 9.18 Å². The fraction of sp³-hybridized carbons (Fsp3) is 0.500. The highest BCUT2D eigenvalue weighted by Crippen LogP contribution is 2.19. The number of nitrogens with zero attached hydrogens (tertiary/aromatic N) is 1. The molecule has 1 fully saturated rings. The molecular weight excluding hydrogens is 233 g/mol. The quantitative estimate of drug-likeness (QED) is 0.824. The molecule has 0 aliphatic carbocycles. The van der Waals surface area contributed by atoms with Gasteiger partial charge in [0.25, 0.3) is 0 Å². The molecule has 1 aromatic rings. The lowest BCUT2D eigenvalue weighted by atomic mass is 10.0. The van der Waals surface area contributed by atoms with Gasteiger partial charge in [-0.1, -0.05) is 26.0 Å². The summed E-state index contributed by atoms with van der Waals surface area (Å²) >= 11 is 0. The summed E-state index contributed by atoms with van der Waals surface area (Å²) < 4.78 is 18.1. The third kappa shape index (κ3) is 2.88. The fourth-order valence-corrected chi connectivity index (χ4v) is 2.15. The zero-order valence-corrected chi connectivity index (χ0v) is 10.7. The van der Waals surface area contributed by atoms with E-state index in [1.807, 2.05) is 0 Å². The molecule has 18 heavy (non-hydrogen) atoms. The Morgan fingerprint density at radius 1 is 1.44 bits per heavy atom. The number of halogens is 1. The van der Waals surface area contributed by atoms with E-state index in [0.29, 0.717) is 25.7 Å². The zero-order chi connectivity index (χ0) is 13.1. The Balaban J connectivity index is 2.01. The number of benzene rings is 1. The molecule has 1 atom stereocenters. The molecule has 1 heterocycles. The van der Waals surface area contributed by atoms with E-state index in [2.05, 4.69) is 13.8 Å². The second-order valence-electron chi connectivity index (χ2n) is 4.98. The van der Waals surface area contributed by atoms with Gasteiger partial charge in [0.15, 0.2) is 0 Å². The zero-order valence-electron chi connectivity index (χ0n) is 10.7. The van der Waals surface area contributed by atoms with Crippen molar-refractivity contribution in [2.75, 3.05) is 13.3 Å². The summed E-state index contributed by atoms with van der Waals surface area (Å²) in [5.74, 6) is 0.137. The van der Waals surface area contributed by atoms with Crippen LogP contribution in [0.25, 0.3) is 0 Å². The van der Waals surface area contributed by atoms with Gasteiger partial charge in [0.1, 0.15) is 12.5 Å². The highest BCUT2D eigenvalue weighted by Gasteiger charge is 2.31. The van der Waals surface area contributed by atoms with Crippen molar-refractivity contribution >= 4 is 5.91 Å². The minimum atomic E-state index is -0.282. The summed E-state index contributed by atoms with van der Waals surface area (Å²) in [6.45, 7) is 5.13. The highest BCUT2D eigenvalue weighted by molar-refractivity contribution is 5.79. The van der Waals surface area contributed by atoms with Gasteiger partial charge in [-0.25, -0.2) is 4.39 Å². The van der Waals surface area contributed by atoms with E-state index in [1.54, 1.807) is 17.0 Å². The first-order valence-corrected chi connectivity index (χ1v) is 6.19. The van der Waals surface area contributed by atoms with Crippen LogP contribution in [0.2, 0.25) is 0 Å². The second kappa shape index (κ2) is 5.48. The molecule has 1 aromatic carbocycles. The minimum Gasteiger partial charge on any atom is -0.359 e. The lowest BCUT2D eigenvalue weighted by Crippen LogP contribution is -2.40. The topological polar surface area (TPSA) is 29.5 Å². The number of amides is 1. The van der Waals surface area contributed by atoms with Gasteiger partial charge < -0.3 is 9.64 Å². The average Bonchev–Trinajstić information content (AvgIpc) is 2.81. The van der Waals surface area contributed by atoms with Crippen LogP contribution in [0, 0.1) is 11.7 Å². The van der Waals surface area contributed by atoms with Gasteiger partial charge in [0, 0.05) is 0 Å². The number of carbonyl (C=O) groups excluding carboxylic acids is 1. The summed E-state index contributed by atoms with van der Waals surface area (Å²) in [7, 11) is 0. The molecule has 1 aliphatic rings. The normalized spacial score (nSPS) is 19.6. The summed E-state index contributed by atoms with van der Waals surface area (Å²) in [4.78, 5) is 13.9. The number of carbonyl (C=O) groups is 1. The molecule has 0 spiro atoms. The van der Waals surface area contributed by atoms with Gasteiger partial charge in [-0.3, -0.25) is 4.79 Å². The van der Waals surface area contributed by atoms with Crippen LogP contribution >= 0.6 is 0 Å². The first-order chi connectivity index (χ1) is 8.58. The van der Waals surface area contributed by atoms with Crippen LogP contribution in [0.5, 0.6) is 0 Å². The molecule has 3 nitrogen and oxygen atoms in total. The summed E-state index contributed by atoms with van der Waals surface area (Å²) in [6.07, 6.45) is 0.298. The average molecular weight is 251 g/mol. The van der Waals surface area contributed by atoms with Gasteiger partial charge in [-0.05, 0) is 23.6 Å². The van der Waals surface area contributed by atoms with Gasteiger partial charge in [0.05, 0.1) is 19.1 Å². The summed E-state index contributed by atoms with van der Waals surface area (Å²) in [6, 6.07) is 6.20. The van der Waals surface area contributed by atoms with E-state index in [1.165, 1.54) is 12.1 Å². The summed E-state index contributed by atoms with van der Waals surface area (Å²) in [5, 5.41) is 0. The number of rotatable bonds is 3. The van der Waals surface area contributed by atoms with Crippen LogP contribution in [0.1, 0.15) is 19.4 Å². The predicted molar refractivity (Wildman–Crippen MR) is 66.4 cm³/mol. The van der Waals surface area contributed by atoms with Crippen LogP contribution in [0.4, 0.5) is 4.39 Å². The highest BCUT2D eigenvalue weighted by atomic mass is 19.1. The minimum absolute atomic E-state index is 0.0396. The Morgan fingerprint density at radius 2 is 2.11 bits per heavy atom. The van der Waals surface area contributed by atoms with Gasteiger partial charge in [0.2, 0.25) is 5.91 Å². The van der Waals surface area contributed by atoms with Gasteiger partial charge in [-0.2, -0.15) is 0 Å². The van der Waals surface area contributed by atoms with Crippen LogP contribution in [-0.2, 0) is 16.0 Å². The van der Waals surface area contributed by atoms with Gasteiger partial charge in [-0.15, -0.1) is 0 Å². The van der Waals surface area contributed by atoms with Crippen LogP contribution in [0.3, 0.4) is 0 Å². The Hall–Kier alpha value is -1.42. The van der Waals surface area contributed by atoms with Crippen LogP contribution in [-0.4, -0.2) is 30.2 Å². The standard InChI is InChI=1S/C14H18FNO2/c1-10(2)13-8-18-9-16(13)14(17)7-11-3-5-12(15)6-4-11/h3-6,10,13H,7-9H2,1-2H3/t13-/m0/s1. The van der Waals surface area contributed by atoms with Crippen LogP contribution in [0.15, 0.2) is 24.3 Å².